The van der Waals surface area contributed by atoms with Crippen molar-refractivity contribution in [3.05, 3.63) is 36.7 Å². The van der Waals surface area contributed by atoms with Gasteiger partial charge in [-0.15, -0.1) is 0 Å². The van der Waals surface area contributed by atoms with E-state index in [1.165, 1.54) is 31.0 Å². The predicted octanol–water partition coefficient (Wildman–Crippen LogP) is 3.21. The first-order valence-corrected chi connectivity index (χ1v) is 9.37. The molecule has 0 spiro atoms. The number of hydrogen-bond acceptors (Lipinski definition) is 6. The summed E-state index contributed by atoms with van der Waals surface area (Å²) in [4.78, 5) is 23.1. The Hall–Kier alpha value is -2.28. The SMILES string of the molecule is COc1cccc(NC(=O)CSc2cc(N3CCCCC3)ncn2)c1. The topological polar surface area (TPSA) is 67.3 Å². The average Bonchev–Trinajstić information content (AvgIpc) is 2.67. The van der Waals surface area contributed by atoms with Gasteiger partial charge in [-0.1, -0.05) is 17.8 Å². The van der Waals surface area contributed by atoms with Crippen LogP contribution in [0.15, 0.2) is 41.7 Å². The molecule has 6 nitrogen and oxygen atoms in total. The van der Waals surface area contributed by atoms with E-state index in [-0.39, 0.29) is 5.91 Å². The Bertz CT molecular complexity index is 720. The molecule has 7 heteroatoms. The molecule has 0 saturated carbocycles. The number of thioether (sulfide) groups is 1. The third-order valence-corrected chi connectivity index (χ3v) is 4.94. The zero-order chi connectivity index (χ0) is 17.5. The van der Waals surface area contributed by atoms with Crippen LogP contribution in [0.5, 0.6) is 5.75 Å². The normalized spacial score (nSPS) is 14.2. The summed E-state index contributed by atoms with van der Waals surface area (Å²) < 4.78 is 5.16. The molecule has 1 aromatic heterocycles. The Kier molecular flexibility index (Phi) is 6.11. The van der Waals surface area contributed by atoms with Crippen molar-refractivity contribution in [3.8, 4) is 5.75 Å². The van der Waals surface area contributed by atoms with Crippen LogP contribution in [0.3, 0.4) is 0 Å². The Balaban J connectivity index is 1.54. The molecule has 1 N–H and O–H groups in total. The van der Waals surface area contributed by atoms with E-state index < -0.39 is 0 Å². The lowest BCUT2D eigenvalue weighted by atomic mass is 10.1. The van der Waals surface area contributed by atoms with E-state index in [1.54, 1.807) is 19.5 Å². The highest BCUT2D eigenvalue weighted by atomic mass is 32.2. The second-order valence-electron chi connectivity index (χ2n) is 5.83. The van der Waals surface area contributed by atoms with Crippen molar-refractivity contribution < 1.29 is 9.53 Å². The van der Waals surface area contributed by atoms with Crippen LogP contribution in [-0.2, 0) is 4.79 Å². The Morgan fingerprint density at radius 2 is 2.08 bits per heavy atom. The van der Waals surface area contributed by atoms with Crippen molar-refractivity contribution in [2.24, 2.45) is 0 Å². The maximum atomic E-state index is 12.1. The monoisotopic (exact) mass is 358 g/mol. The third kappa shape index (κ3) is 5.09. The van der Waals surface area contributed by atoms with Gasteiger partial charge in [0.05, 0.1) is 12.9 Å². The highest BCUT2D eigenvalue weighted by molar-refractivity contribution is 7.99. The molecule has 132 valence electrons. The maximum absolute atomic E-state index is 12.1. The number of nitrogens with zero attached hydrogens (tertiary/aromatic N) is 3. The highest BCUT2D eigenvalue weighted by Gasteiger charge is 2.13. The molecule has 1 saturated heterocycles. The van der Waals surface area contributed by atoms with Crippen molar-refractivity contribution >= 4 is 29.2 Å². The number of nitrogens with one attached hydrogen (secondary N) is 1. The van der Waals surface area contributed by atoms with Gasteiger partial charge in [0.15, 0.2) is 0 Å². The van der Waals surface area contributed by atoms with Crippen molar-refractivity contribution in [2.75, 3.05) is 36.2 Å². The standard InChI is InChI=1S/C18H22N4O2S/c1-24-15-7-5-6-14(10-15)21-17(23)12-25-18-11-16(19-13-20-18)22-8-3-2-4-9-22/h5-7,10-11,13H,2-4,8-9,12H2,1H3,(H,21,23). The smallest absolute Gasteiger partial charge is 0.234 e. The summed E-state index contributed by atoms with van der Waals surface area (Å²) in [5.41, 5.74) is 0.724. The van der Waals surface area contributed by atoms with Gasteiger partial charge in [-0.05, 0) is 31.4 Å². The van der Waals surface area contributed by atoms with E-state index in [4.69, 9.17) is 4.74 Å². The number of piperidine rings is 1. The molecule has 1 amide bonds. The lowest BCUT2D eigenvalue weighted by Crippen LogP contribution is -2.30. The summed E-state index contributed by atoms with van der Waals surface area (Å²) in [5.74, 6) is 1.89. The van der Waals surface area contributed by atoms with Gasteiger partial charge in [-0.25, -0.2) is 9.97 Å². The number of ether oxygens (including phenoxy) is 1. The first kappa shape index (κ1) is 17.5. The van der Waals surface area contributed by atoms with Gasteiger partial charge in [-0.2, -0.15) is 0 Å². The van der Waals surface area contributed by atoms with Crippen molar-refractivity contribution in [2.45, 2.75) is 24.3 Å². The average molecular weight is 358 g/mol. The lowest BCUT2D eigenvalue weighted by Gasteiger charge is -2.27. The third-order valence-electron chi connectivity index (χ3n) is 4.01. The molecule has 2 heterocycles. The second-order valence-corrected chi connectivity index (χ2v) is 6.83. The molecule has 1 aliphatic rings. The van der Waals surface area contributed by atoms with Crippen LogP contribution in [0.4, 0.5) is 11.5 Å². The molecule has 1 aromatic carbocycles. The second kappa shape index (κ2) is 8.71. The van der Waals surface area contributed by atoms with Gasteiger partial charge >= 0.3 is 0 Å². The highest BCUT2D eigenvalue weighted by Crippen LogP contribution is 2.23. The minimum absolute atomic E-state index is 0.0728. The van der Waals surface area contributed by atoms with Crippen LogP contribution >= 0.6 is 11.8 Å². The van der Waals surface area contributed by atoms with Crippen LogP contribution in [0.2, 0.25) is 0 Å². The minimum atomic E-state index is -0.0728. The summed E-state index contributed by atoms with van der Waals surface area (Å²) in [5, 5.41) is 3.69. The van der Waals surface area contributed by atoms with Crippen LogP contribution in [-0.4, -0.2) is 41.8 Å². The number of hydrogen-bond donors (Lipinski definition) is 1. The maximum Gasteiger partial charge on any atom is 0.234 e. The van der Waals surface area contributed by atoms with Crippen molar-refractivity contribution in [1.29, 1.82) is 0 Å². The summed E-state index contributed by atoms with van der Waals surface area (Å²) >= 11 is 1.41. The van der Waals surface area contributed by atoms with Gasteiger partial charge < -0.3 is 15.0 Å². The molecule has 0 aliphatic carbocycles. The first-order valence-electron chi connectivity index (χ1n) is 8.38. The predicted molar refractivity (Wildman–Crippen MR) is 100 cm³/mol. The first-order chi connectivity index (χ1) is 12.2. The van der Waals surface area contributed by atoms with Crippen molar-refractivity contribution in [3.63, 3.8) is 0 Å². The number of anilines is 2. The molecule has 1 fully saturated rings. The molecule has 1 aliphatic heterocycles. The molecular weight excluding hydrogens is 336 g/mol. The number of rotatable bonds is 6. The largest absolute Gasteiger partial charge is 0.497 e. The van der Waals surface area contributed by atoms with E-state index >= 15 is 0 Å². The fourth-order valence-corrected chi connectivity index (χ4v) is 3.40. The zero-order valence-corrected chi connectivity index (χ0v) is 15.1. The van der Waals surface area contributed by atoms with Crippen LogP contribution < -0.4 is 15.0 Å². The fourth-order valence-electron chi connectivity index (χ4n) is 2.74. The van der Waals surface area contributed by atoms with Gasteiger partial charge in [0.1, 0.15) is 22.9 Å². The summed E-state index contributed by atoms with van der Waals surface area (Å²) in [6.45, 7) is 2.08. The van der Waals surface area contributed by atoms with E-state index in [2.05, 4.69) is 20.2 Å². The van der Waals surface area contributed by atoms with Gasteiger partial charge in [-0.3, -0.25) is 4.79 Å². The Morgan fingerprint density at radius 1 is 1.24 bits per heavy atom. The molecule has 0 bridgehead atoms. The van der Waals surface area contributed by atoms with E-state index in [0.29, 0.717) is 11.5 Å². The minimum Gasteiger partial charge on any atom is -0.497 e. The number of aromatic nitrogens is 2. The number of carbonyl (C=O) groups excluding carboxylic acids is 1. The molecule has 3 rings (SSSR count). The van der Waals surface area contributed by atoms with Gasteiger partial charge in [0, 0.05) is 30.9 Å². The Labute approximate surface area is 152 Å². The summed E-state index contributed by atoms with van der Waals surface area (Å²) in [7, 11) is 1.60. The molecular formula is C18H22N4O2S. The quantitative estimate of drug-likeness (QED) is 0.632. The van der Waals surface area contributed by atoms with Crippen LogP contribution in [0.25, 0.3) is 0 Å². The van der Waals surface area contributed by atoms with Crippen LogP contribution in [0.1, 0.15) is 19.3 Å². The molecule has 0 unspecified atom stereocenters. The number of methoxy groups -OCH3 is 1. The van der Waals surface area contributed by atoms with E-state index in [1.807, 2.05) is 24.3 Å². The molecule has 0 atom stereocenters. The van der Waals surface area contributed by atoms with Crippen molar-refractivity contribution in [1.82, 2.24) is 9.97 Å². The molecule has 2 aromatic rings. The zero-order valence-electron chi connectivity index (χ0n) is 14.3. The molecule has 0 radical (unpaired) electrons. The fraction of sp³-hybridized carbons (Fsp3) is 0.389. The lowest BCUT2D eigenvalue weighted by molar-refractivity contribution is -0.113. The number of carbonyl (C=O) groups is 1. The number of benzene rings is 1. The Morgan fingerprint density at radius 3 is 2.88 bits per heavy atom. The van der Waals surface area contributed by atoms with E-state index in [0.717, 1.165) is 29.6 Å². The van der Waals surface area contributed by atoms with E-state index in [9.17, 15) is 4.79 Å². The summed E-state index contributed by atoms with van der Waals surface area (Å²) in [6.07, 6.45) is 5.27. The summed E-state index contributed by atoms with van der Waals surface area (Å²) in [6, 6.07) is 9.28. The number of amides is 1. The molecule has 25 heavy (non-hydrogen) atoms. The van der Waals surface area contributed by atoms with Crippen LogP contribution in [0, 0.1) is 0 Å². The van der Waals surface area contributed by atoms with Gasteiger partial charge in [0.2, 0.25) is 5.91 Å². The van der Waals surface area contributed by atoms with Gasteiger partial charge in [0.25, 0.3) is 0 Å².